The smallest absolute Gasteiger partial charge is 0.102 e. The van der Waals surface area contributed by atoms with Gasteiger partial charge in [-0.15, -0.1) is 0 Å². The van der Waals surface area contributed by atoms with Crippen molar-refractivity contribution in [2.45, 2.75) is 13.0 Å². The third-order valence-electron chi connectivity index (χ3n) is 3.40. The number of aryl methyl sites for hydroxylation is 1. The first-order valence-electron chi connectivity index (χ1n) is 6.77. The second kappa shape index (κ2) is 5.41. The fourth-order valence-corrected chi connectivity index (χ4v) is 2.38. The van der Waals surface area contributed by atoms with Crippen LogP contribution in [-0.4, -0.2) is 26.5 Å². The number of anilines is 2. The zero-order chi connectivity index (χ0) is 14.8. The second-order valence-electron chi connectivity index (χ2n) is 4.89. The minimum Gasteiger partial charge on any atom is -0.399 e. The molecule has 0 unspecified atom stereocenters. The third kappa shape index (κ3) is 2.41. The van der Waals surface area contributed by atoms with Crippen LogP contribution in [0.1, 0.15) is 6.42 Å². The lowest BCUT2D eigenvalue weighted by atomic mass is 10.1. The van der Waals surface area contributed by atoms with E-state index in [0.29, 0.717) is 24.3 Å². The zero-order valence-corrected chi connectivity index (χ0v) is 11.5. The molecule has 1 aromatic carbocycles. The maximum atomic E-state index is 9.01. The minimum atomic E-state index is 0.119. The molecule has 5 N–H and O–H groups in total. The molecule has 3 aromatic rings. The summed E-state index contributed by atoms with van der Waals surface area (Å²) >= 11 is 0. The normalized spacial score (nSPS) is 11.1. The molecule has 0 atom stereocenters. The Morgan fingerprint density at radius 3 is 2.57 bits per heavy atom. The van der Waals surface area contributed by atoms with E-state index in [0.717, 1.165) is 22.2 Å². The van der Waals surface area contributed by atoms with Gasteiger partial charge in [0.1, 0.15) is 5.69 Å². The van der Waals surface area contributed by atoms with Gasteiger partial charge in [0.05, 0.1) is 29.0 Å². The van der Waals surface area contributed by atoms with Crippen LogP contribution in [0.25, 0.3) is 22.2 Å². The van der Waals surface area contributed by atoms with Crippen LogP contribution in [0, 0.1) is 0 Å². The molecule has 0 fully saturated rings. The molecule has 0 aliphatic rings. The van der Waals surface area contributed by atoms with Gasteiger partial charge in [0.25, 0.3) is 0 Å². The summed E-state index contributed by atoms with van der Waals surface area (Å²) < 4.78 is 1.83. The highest BCUT2D eigenvalue weighted by molar-refractivity contribution is 6.01. The number of aliphatic hydroxyl groups excluding tert-OH is 1. The lowest BCUT2D eigenvalue weighted by Crippen LogP contribution is -2.02. The van der Waals surface area contributed by atoms with Crippen LogP contribution in [0.15, 0.2) is 36.7 Å². The van der Waals surface area contributed by atoms with E-state index in [2.05, 4.69) is 10.1 Å². The van der Waals surface area contributed by atoms with E-state index in [9.17, 15) is 0 Å². The summed E-state index contributed by atoms with van der Waals surface area (Å²) in [5, 5.41) is 14.5. The van der Waals surface area contributed by atoms with E-state index >= 15 is 0 Å². The van der Waals surface area contributed by atoms with E-state index in [1.165, 1.54) is 0 Å². The molecule has 3 rings (SSSR count). The Morgan fingerprint density at radius 2 is 1.86 bits per heavy atom. The number of rotatable bonds is 4. The van der Waals surface area contributed by atoms with Gasteiger partial charge in [-0.25, -0.2) is 0 Å². The molecule has 0 saturated carbocycles. The first kappa shape index (κ1) is 13.4. The summed E-state index contributed by atoms with van der Waals surface area (Å²) in [6.45, 7) is 0.738. The van der Waals surface area contributed by atoms with E-state index in [1.807, 2.05) is 28.9 Å². The van der Waals surface area contributed by atoms with Crippen LogP contribution in [0.5, 0.6) is 0 Å². The Labute approximate surface area is 122 Å². The molecule has 2 aromatic heterocycles. The first-order valence-corrected chi connectivity index (χ1v) is 6.77. The van der Waals surface area contributed by atoms with Gasteiger partial charge >= 0.3 is 0 Å². The van der Waals surface area contributed by atoms with Gasteiger partial charge in [-0.3, -0.25) is 9.67 Å². The minimum absolute atomic E-state index is 0.119. The molecule has 6 heteroatoms. The highest BCUT2D eigenvalue weighted by Crippen LogP contribution is 2.31. The Bertz CT molecular complexity index is 764. The number of hydrogen-bond donors (Lipinski definition) is 3. The van der Waals surface area contributed by atoms with Gasteiger partial charge in [0.15, 0.2) is 0 Å². The zero-order valence-electron chi connectivity index (χ0n) is 11.5. The Hall–Kier alpha value is -2.60. The molecular weight excluding hydrogens is 266 g/mol. The fourth-order valence-electron chi connectivity index (χ4n) is 2.38. The van der Waals surface area contributed by atoms with E-state index in [-0.39, 0.29) is 6.61 Å². The molecule has 0 saturated heterocycles. The van der Waals surface area contributed by atoms with Crippen molar-refractivity contribution >= 4 is 22.3 Å². The molecule has 2 heterocycles. The predicted octanol–water partition coefficient (Wildman–Crippen LogP) is 1.65. The molecule has 0 amide bonds. The van der Waals surface area contributed by atoms with Crippen LogP contribution in [0.4, 0.5) is 11.4 Å². The summed E-state index contributed by atoms with van der Waals surface area (Å²) in [5.74, 6) is 0. The number of pyridine rings is 1. The molecule has 0 aliphatic heterocycles. The lowest BCUT2D eigenvalue weighted by Gasteiger charge is -2.01. The second-order valence-corrected chi connectivity index (χ2v) is 4.89. The van der Waals surface area contributed by atoms with Crippen molar-refractivity contribution in [2.75, 3.05) is 18.1 Å². The molecule has 108 valence electrons. The number of benzene rings is 1. The van der Waals surface area contributed by atoms with Crippen LogP contribution in [-0.2, 0) is 6.54 Å². The van der Waals surface area contributed by atoms with Crippen LogP contribution < -0.4 is 11.5 Å². The molecular formula is C15H17N5O. The highest BCUT2D eigenvalue weighted by Gasteiger charge is 2.15. The number of aliphatic hydroxyl groups is 1. The fraction of sp³-hybridized carbons (Fsp3) is 0.200. The van der Waals surface area contributed by atoms with Crippen LogP contribution in [0.3, 0.4) is 0 Å². The molecule has 6 nitrogen and oxygen atoms in total. The van der Waals surface area contributed by atoms with Crippen LogP contribution in [0.2, 0.25) is 0 Å². The maximum absolute atomic E-state index is 9.01. The Morgan fingerprint density at radius 1 is 1.10 bits per heavy atom. The largest absolute Gasteiger partial charge is 0.399 e. The van der Waals surface area contributed by atoms with Gasteiger partial charge in [-0.1, -0.05) is 12.1 Å². The SMILES string of the molecule is Nc1ccc(-c2nn(CCCO)c3cncc(N)c23)cc1. The van der Waals surface area contributed by atoms with Gasteiger partial charge in [0.2, 0.25) is 0 Å². The monoisotopic (exact) mass is 283 g/mol. The quantitative estimate of drug-likeness (QED) is 0.632. The van der Waals surface area contributed by atoms with Crippen molar-refractivity contribution in [2.24, 2.45) is 0 Å². The molecule has 0 bridgehead atoms. The number of aromatic nitrogens is 3. The Balaban J connectivity index is 2.19. The van der Waals surface area contributed by atoms with E-state index in [1.54, 1.807) is 12.4 Å². The highest BCUT2D eigenvalue weighted by atomic mass is 16.3. The molecule has 0 spiro atoms. The predicted molar refractivity (Wildman–Crippen MR) is 83.5 cm³/mol. The average molecular weight is 283 g/mol. The van der Waals surface area contributed by atoms with Crippen molar-refractivity contribution in [3.63, 3.8) is 0 Å². The van der Waals surface area contributed by atoms with Crippen molar-refractivity contribution in [3.8, 4) is 11.3 Å². The topological polar surface area (TPSA) is 103 Å². The first-order chi connectivity index (χ1) is 10.2. The standard InChI is InChI=1S/C15H17N5O/c16-11-4-2-10(3-5-11)15-14-12(17)8-18-9-13(14)20(19-15)6-1-7-21/h2-5,8-9,21H,1,6-7,16-17H2. The van der Waals surface area contributed by atoms with E-state index in [4.69, 9.17) is 16.6 Å². The summed E-state index contributed by atoms with van der Waals surface area (Å²) in [6.07, 6.45) is 4.00. The number of nitrogen functional groups attached to an aromatic ring is 2. The van der Waals surface area contributed by atoms with Crippen molar-refractivity contribution in [1.82, 2.24) is 14.8 Å². The lowest BCUT2D eigenvalue weighted by molar-refractivity contribution is 0.278. The van der Waals surface area contributed by atoms with E-state index < -0.39 is 0 Å². The van der Waals surface area contributed by atoms with Crippen molar-refractivity contribution < 1.29 is 5.11 Å². The summed E-state index contributed by atoms with van der Waals surface area (Å²) in [6, 6.07) is 7.53. The van der Waals surface area contributed by atoms with Gasteiger partial charge in [-0.05, 0) is 18.6 Å². The number of nitrogens with zero attached hydrogens (tertiary/aromatic N) is 3. The van der Waals surface area contributed by atoms with Gasteiger partial charge in [0, 0.05) is 24.4 Å². The maximum Gasteiger partial charge on any atom is 0.102 e. The van der Waals surface area contributed by atoms with Crippen LogP contribution >= 0.6 is 0 Å². The van der Waals surface area contributed by atoms with Gasteiger partial charge < -0.3 is 16.6 Å². The number of fused-ring (bicyclic) bond motifs is 1. The van der Waals surface area contributed by atoms with Crippen molar-refractivity contribution in [1.29, 1.82) is 0 Å². The average Bonchev–Trinajstić information content (AvgIpc) is 2.86. The summed E-state index contributed by atoms with van der Waals surface area (Å²) in [7, 11) is 0. The third-order valence-corrected chi connectivity index (χ3v) is 3.40. The Kier molecular flexibility index (Phi) is 3.45. The van der Waals surface area contributed by atoms with Crippen molar-refractivity contribution in [3.05, 3.63) is 36.7 Å². The number of nitrogens with two attached hydrogens (primary N) is 2. The molecule has 0 aliphatic carbocycles. The van der Waals surface area contributed by atoms with Gasteiger partial charge in [-0.2, -0.15) is 5.10 Å². The molecule has 21 heavy (non-hydrogen) atoms. The number of hydrogen-bond acceptors (Lipinski definition) is 5. The summed E-state index contributed by atoms with van der Waals surface area (Å²) in [5.41, 5.74) is 15.7. The molecule has 0 radical (unpaired) electrons. The summed E-state index contributed by atoms with van der Waals surface area (Å²) in [4.78, 5) is 4.13.